The topological polar surface area (TPSA) is 68.3 Å². The summed E-state index contributed by atoms with van der Waals surface area (Å²) in [6, 6.07) is 5.80. The molecule has 0 radical (unpaired) electrons. The van der Waals surface area contributed by atoms with Crippen LogP contribution in [0.15, 0.2) is 12.1 Å². The first-order chi connectivity index (χ1) is 8.14. The Labute approximate surface area is 101 Å². The van der Waals surface area contributed by atoms with Crippen molar-refractivity contribution in [1.29, 1.82) is 5.26 Å². The van der Waals surface area contributed by atoms with Crippen molar-refractivity contribution in [3.63, 3.8) is 0 Å². The van der Waals surface area contributed by atoms with E-state index >= 15 is 0 Å². The van der Waals surface area contributed by atoms with Crippen molar-refractivity contribution in [2.24, 2.45) is 5.73 Å². The predicted molar refractivity (Wildman–Crippen MR) is 64.0 cm³/mol. The lowest BCUT2D eigenvalue weighted by Gasteiger charge is -2.39. The van der Waals surface area contributed by atoms with E-state index in [1.165, 1.54) is 7.11 Å². The summed E-state index contributed by atoms with van der Waals surface area (Å²) in [5.41, 5.74) is 7.38. The molecule has 0 spiro atoms. The first-order valence-corrected chi connectivity index (χ1v) is 5.60. The minimum Gasteiger partial charge on any atom is -0.493 e. The van der Waals surface area contributed by atoms with Crippen molar-refractivity contribution in [2.45, 2.75) is 24.8 Å². The average molecular weight is 232 g/mol. The minimum atomic E-state index is -0.300. The maximum atomic E-state index is 9.12. The van der Waals surface area contributed by atoms with Crippen LogP contribution in [0.2, 0.25) is 0 Å². The van der Waals surface area contributed by atoms with Gasteiger partial charge in [0.15, 0.2) is 11.5 Å². The Bertz CT molecular complexity index is 473. The fourth-order valence-corrected chi connectivity index (χ4v) is 2.18. The minimum absolute atomic E-state index is 0.300. The molecule has 0 atom stereocenters. The second kappa shape index (κ2) is 4.27. The predicted octanol–water partition coefficient (Wildman–Crippen LogP) is 1.91. The molecule has 0 amide bonds. The molecule has 2 N–H and O–H groups in total. The Morgan fingerprint density at radius 3 is 2.41 bits per heavy atom. The molecule has 0 heterocycles. The second-order valence-electron chi connectivity index (χ2n) is 4.38. The molecule has 0 aromatic heterocycles. The van der Waals surface area contributed by atoms with Crippen molar-refractivity contribution in [2.75, 3.05) is 14.2 Å². The molecule has 0 aliphatic heterocycles. The summed E-state index contributed by atoms with van der Waals surface area (Å²) in [4.78, 5) is 0. The number of nitrogens with two attached hydrogens (primary N) is 1. The van der Waals surface area contributed by atoms with Gasteiger partial charge in [-0.3, -0.25) is 0 Å². The SMILES string of the molecule is COc1cc(C2(N)CCC2)cc(C#N)c1OC. The molecule has 0 bridgehead atoms. The smallest absolute Gasteiger partial charge is 0.178 e. The highest BCUT2D eigenvalue weighted by Crippen LogP contribution is 2.43. The van der Waals surface area contributed by atoms with Crippen molar-refractivity contribution >= 4 is 0 Å². The van der Waals surface area contributed by atoms with Gasteiger partial charge in [0.2, 0.25) is 0 Å². The molecule has 17 heavy (non-hydrogen) atoms. The van der Waals surface area contributed by atoms with Crippen LogP contribution in [0.1, 0.15) is 30.4 Å². The van der Waals surface area contributed by atoms with Crippen LogP contribution in [-0.4, -0.2) is 14.2 Å². The van der Waals surface area contributed by atoms with Crippen molar-refractivity contribution in [3.8, 4) is 17.6 Å². The van der Waals surface area contributed by atoms with E-state index in [1.807, 2.05) is 6.07 Å². The zero-order chi connectivity index (χ0) is 12.5. The van der Waals surface area contributed by atoms with Crippen LogP contribution in [0.25, 0.3) is 0 Å². The van der Waals surface area contributed by atoms with Crippen molar-refractivity contribution in [1.82, 2.24) is 0 Å². The van der Waals surface area contributed by atoms with Gasteiger partial charge < -0.3 is 15.2 Å². The summed E-state index contributed by atoms with van der Waals surface area (Å²) in [5, 5.41) is 9.12. The molecular weight excluding hydrogens is 216 g/mol. The average Bonchev–Trinajstić information content (AvgIpc) is 2.33. The number of benzene rings is 1. The number of methoxy groups -OCH3 is 2. The third-order valence-corrected chi connectivity index (χ3v) is 3.42. The van der Waals surface area contributed by atoms with Crippen molar-refractivity contribution < 1.29 is 9.47 Å². The van der Waals surface area contributed by atoms with Gasteiger partial charge in [-0.15, -0.1) is 0 Å². The fraction of sp³-hybridized carbons (Fsp3) is 0.462. The number of hydrogen-bond acceptors (Lipinski definition) is 4. The zero-order valence-corrected chi connectivity index (χ0v) is 10.1. The van der Waals surface area contributed by atoms with E-state index in [1.54, 1.807) is 13.2 Å². The highest BCUT2D eigenvalue weighted by Gasteiger charge is 2.35. The Kier molecular flexibility index (Phi) is 2.95. The molecule has 4 nitrogen and oxygen atoms in total. The number of hydrogen-bond donors (Lipinski definition) is 1. The Morgan fingerprint density at radius 1 is 1.29 bits per heavy atom. The molecule has 1 fully saturated rings. The van der Waals surface area contributed by atoms with Gasteiger partial charge in [0.25, 0.3) is 0 Å². The van der Waals surface area contributed by atoms with Gasteiger partial charge in [0.1, 0.15) is 6.07 Å². The highest BCUT2D eigenvalue weighted by molar-refractivity contribution is 5.56. The first-order valence-electron chi connectivity index (χ1n) is 5.60. The lowest BCUT2D eigenvalue weighted by molar-refractivity contribution is 0.252. The lowest BCUT2D eigenvalue weighted by atomic mass is 9.72. The Balaban J connectivity index is 2.53. The van der Waals surface area contributed by atoms with Gasteiger partial charge in [-0.1, -0.05) is 0 Å². The van der Waals surface area contributed by atoms with Gasteiger partial charge in [0.05, 0.1) is 19.8 Å². The van der Waals surface area contributed by atoms with Gasteiger partial charge in [0, 0.05) is 5.54 Å². The molecule has 0 saturated heterocycles. The van der Waals surface area contributed by atoms with Crippen LogP contribution in [0.3, 0.4) is 0 Å². The lowest BCUT2D eigenvalue weighted by Crippen LogP contribution is -2.43. The van der Waals surface area contributed by atoms with Crippen LogP contribution in [-0.2, 0) is 5.54 Å². The van der Waals surface area contributed by atoms with E-state index < -0.39 is 0 Å². The Morgan fingerprint density at radius 2 is 2.00 bits per heavy atom. The van der Waals surface area contributed by atoms with E-state index in [0.717, 1.165) is 24.8 Å². The van der Waals surface area contributed by atoms with Gasteiger partial charge in [-0.2, -0.15) is 5.26 Å². The van der Waals surface area contributed by atoms with Crippen LogP contribution >= 0.6 is 0 Å². The van der Waals surface area contributed by atoms with E-state index in [2.05, 4.69) is 6.07 Å². The van der Waals surface area contributed by atoms with Crippen LogP contribution in [0.5, 0.6) is 11.5 Å². The first kappa shape index (κ1) is 11.7. The normalized spacial score (nSPS) is 16.8. The van der Waals surface area contributed by atoms with Gasteiger partial charge >= 0.3 is 0 Å². The molecule has 1 aliphatic carbocycles. The molecule has 0 unspecified atom stereocenters. The fourth-order valence-electron chi connectivity index (χ4n) is 2.18. The third kappa shape index (κ3) is 1.83. The summed E-state index contributed by atoms with van der Waals surface area (Å²) < 4.78 is 10.4. The van der Waals surface area contributed by atoms with Gasteiger partial charge in [-0.25, -0.2) is 0 Å². The standard InChI is InChI=1S/C13H16N2O2/c1-16-11-7-10(13(15)4-3-5-13)6-9(8-14)12(11)17-2/h6-7H,3-5,15H2,1-2H3. The maximum Gasteiger partial charge on any atom is 0.178 e. The van der Waals surface area contributed by atoms with E-state index in [-0.39, 0.29) is 5.54 Å². The van der Waals surface area contributed by atoms with Crippen LogP contribution in [0, 0.1) is 11.3 Å². The van der Waals surface area contributed by atoms with Crippen LogP contribution in [0.4, 0.5) is 0 Å². The number of rotatable bonds is 3. The van der Waals surface area contributed by atoms with E-state index in [0.29, 0.717) is 17.1 Å². The molecule has 1 aromatic rings. The summed E-state index contributed by atoms with van der Waals surface area (Å²) >= 11 is 0. The molecule has 1 aliphatic rings. The monoisotopic (exact) mass is 232 g/mol. The number of ether oxygens (including phenoxy) is 2. The number of nitrogens with zero attached hydrogens (tertiary/aromatic N) is 1. The van der Waals surface area contributed by atoms with E-state index in [4.69, 9.17) is 20.5 Å². The maximum absolute atomic E-state index is 9.12. The molecule has 90 valence electrons. The quantitative estimate of drug-likeness (QED) is 0.864. The van der Waals surface area contributed by atoms with E-state index in [9.17, 15) is 0 Å². The molecule has 4 heteroatoms. The van der Waals surface area contributed by atoms with Gasteiger partial charge in [-0.05, 0) is 37.0 Å². The summed E-state index contributed by atoms with van der Waals surface area (Å²) in [6.07, 6.45) is 3.04. The Hall–Kier alpha value is -1.73. The summed E-state index contributed by atoms with van der Waals surface area (Å²) in [7, 11) is 3.09. The van der Waals surface area contributed by atoms with Crippen LogP contribution < -0.4 is 15.2 Å². The third-order valence-electron chi connectivity index (χ3n) is 3.42. The largest absolute Gasteiger partial charge is 0.493 e. The molecular formula is C13H16N2O2. The van der Waals surface area contributed by atoms with Crippen molar-refractivity contribution in [3.05, 3.63) is 23.3 Å². The second-order valence-corrected chi connectivity index (χ2v) is 4.38. The number of nitriles is 1. The summed E-state index contributed by atoms with van der Waals surface area (Å²) in [6.45, 7) is 0. The molecule has 1 saturated carbocycles. The zero-order valence-electron chi connectivity index (χ0n) is 10.1. The highest BCUT2D eigenvalue weighted by atomic mass is 16.5. The molecule has 2 rings (SSSR count). The molecule has 1 aromatic carbocycles. The summed E-state index contributed by atoms with van der Waals surface area (Å²) in [5.74, 6) is 1.04.